The van der Waals surface area contributed by atoms with Crippen LogP contribution in [0.4, 0.5) is 13.2 Å². The zero-order valence-electron chi connectivity index (χ0n) is 7.99. The highest BCUT2D eigenvalue weighted by Gasteiger charge is 2.65. The van der Waals surface area contributed by atoms with E-state index in [1.54, 1.807) is 22.6 Å². The van der Waals surface area contributed by atoms with Crippen LogP contribution in [0.15, 0.2) is 28.4 Å². The lowest BCUT2D eigenvalue weighted by Gasteiger charge is -2.15. The minimum atomic E-state index is -4.60. The average Bonchev–Trinajstić information content (AvgIpc) is 2.95. The smallest absolute Gasteiger partial charge is 0.442 e. The predicted octanol–water partition coefficient (Wildman–Crippen LogP) is 3.17. The number of carbonyl (C=O) groups is 1. The van der Waals surface area contributed by atoms with E-state index in [4.69, 9.17) is 5.11 Å². The van der Waals surface area contributed by atoms with E-state index in [1.807, 2.05) is 0 Å². The second kappa shape index (κ2) is 3.65. The third-order valence-corrected chi connectivity index (χ3v) is 3.19. The van der Waals surface area contributed by atoms with E-state index in [9.17, 15) is 18.0 Å². The molecule has 0 bridgehead atoms. The van der Waals surface area contributed by atoms with E-state index in [0.717, 1.165) is 18.2 Å². The summed E-state index contributed by atoms with van der Waals surface area (Å²) in [6.07, 6.45) is -4.60. The van der Waals surface area contributed by atoms with Crippen LogP contribution in [0.2, 0.25) is 0 Å². The largest absolute Gasteiger partial charge is 0.478 e. The molecule has 1 heterocycles. The van der Waals surface area contributed by atoms with Crippen molar-refractivity contribution in [1.82, 2.24) is 0 Å². The van der Waals surface area contributed by atoms with Gasteiger partial charge in [0.25, 0.3) is 0 Å². The number of carboxylic acids is 1. The first-order valence-electron chi connectivity index (χ1n) is 4.32. The van der Waals surface area contributed by atoms with Gasteiger partial charge in [0.15, 0.2) is 0 Å². The number of halogens is 4. The van der Waals surface area contributed by atoms with E-state index in [0.29, 0.717) is 0 Å². The molecule has 17 heavy (non-hydrogen) atoms. The first-order valence-corrected chi connectivity index (χ1v) is 5.40. The molecular formula is C9H4F3IN2O2. The monoisotopic (exact) mass is 356 g/mol. The number of hydrogen-bond acceptors (Lipinski definition) is 3. The van der Waals surface area contributed by atoms with Crippen molar-refractivity contribution in [2.45, 2.75) is 11.8 Å². The van der Waals surface area contributed by atoms with Gasteiger partial charge in [-0.15, -0.1) is 10.2 Å². The van der Waals surface area contributed by atoms with Gasteiger partial charge in [-0.1, -0.05) is 6.07 Å². The van der Waals surface area contributed by atoms with Crippen LogP contribution in [0, 0.1) is 3.57 Å². The SMILES string of the molecule is O=C(O)c1ccc(C2(C(F)(F)F)N=N2)cc1I. The molecule has 0 fully saturated rings. The number of hydrogen-bond donors (Lipinski definition) is 1. The van der Waals surface area contributed by atoms with Crippen LogP contribution in [-0.4, -0.2) is 17.3 Å². The number of nitrogens with zero attached hydrogens (tertiary/aromatic N) is 2. The summed E-state index contributed by atoms with van der Waals surface area (Å²) in [4.78, 5) is 10.7. The third kappa shape index (κ3) is 1.90. The highest BCUT2D eigenvalue weighted by atomic mass is 127. The Balaban J connectivity index is 2.43. The first kappa shape index (κ1) is 12.3. The Hall–Kier alpha value is -1.19. The van der Waals surface area contributed by atoms with Gasteiger partial charge in [0.05, 0.1) is 5.56 Å². The number of rotatable bonds is 2. The summed E-state index contributed by atoms with van der Waals surface area (Å²) in [6, 6.07) is 3.34. The molecular weight excluding hydrogens is 352 g/mol. The summed E-state index contributed by atoms with van der Waals surface area (Å²) in [6.45, 7) is 0. The lowest BCUT2D eigenvalue weighted by Crippen LogP contribution is -2.30. The Morgan fingerprint density at radius 2 is 1.94 bits per heavy atom. The van der Waals surface area contributed by atoms with Gasteiger partial charge in [-0.2, -0.15) is 13.2 Å². The molecule has 1 aromatic carbocycles. The molecule has 4 nitrogen and oxygen atoms in total. The molecule has 0 spiro atoms. The van der Waals surface area contributed by atoms with Crippen molar-refractivity contribution in [3.8, 4) is 0 Å². The standard InChI is InChI=1S/C9H4F3IN2O2/c10-9(11,12)8(14-15-8)4-1-2-5(7(16)17)6(13)3-4/h1-3H,(H,16,17). The van der Waals surface area contributed by atoms with Gasteiger partial charge in [0.2, 0.25) is 0 Å². The molecule has 0 radical (unpaired) electrons. The van der Waals surface area contributed by atoms with E-state index in [2.05, 4.69) is 10.2 Å². The molecule has 0 amide bonds. The molecule has 1 aliphatic heterocycles. The van der Waals surface area contributed by atoms with Crippen LogP contribution >= 0.6 is 22.6 Å². The summed E-state index contributed by atoms with van der Waals surface area (Å²) in [7, 11) is 0. The van der Waals surface area contributed by atoms with Gasteiger partial charge in [-0.05, 0) is 34.7 Å². The Morgan fingerprint density at radius 3 is 2.29 bits per heavy atom. The molecule has 2 rings (SSSR count). The predicted molar refractivity (Wildman–Crippen MR) is 58.7 cm³/mol. The maximum atomic E-state index is 12.7. The highest BCUT2D eigenvalue weighted by Crippen LogP contribution is 2.52. The van der Waals surface area contributed by atoms with Crippen LogP contribution in [0.1, 0.15) is 15.9 Å². The molecule has 0 saturated heterocycles. The second-order valence-corrected chi connectivity index (χ2v) is 4.53. The molecule has 0 aromatic heterocycles. The lowest BCUT2D eigenvalue weighted by atomic mass is 10.0. The number of benzene rings is 1. The van der Waals surface area contributed by atoms with Crippen LogP contribution < -0.4 is 0 Å². The van der Waals surface area contributed by atoms with Crippen LogP contribution in [-0.2, 0) is 5.66 Å². The fraction of sp³-hybridized carbons (Fsp3) is 0.222. The Bertz CT molecular complexity index is 521. The highest BCUT2D eigenvalue weighted by molar-refractivity contribution is 14.1. The van der Waals surface area contributed by atoms with E-state index >= 15 is 0 Å². The van der Waals surface area contributed by atoms with Gasteiger partial charge >= 0.3 is 17.8 Å². The van der Waals surface area contributed by atoms with Crippen molar-refractivity contribution < 1.29 is 23.1 Å². The van der Waals surface area contributed by atoms with Crippen molar-refractivity contribution in [3.05, 3.63) is 32.9 Å². The minimum Gasteiger partial charge on any atom is -0.478 e. The van der Waals surface area contributed by atoms with E-state index in [-0.39, 0.29) is 14.7 Å². The minimum absolute atomic E-state index is 0.0488. The van der Waals surface area contributed by atoms with Gasteiger partial charge in [0.1, 0.15) is 0 Å². The summed E-state index contributed by atoms with van der Waals surface area (Å²) in [5.74, 6) is -1.19. The molecule has 90 valence electrons. The van der Waals surface area contributed by atoms with Gasteiger partial charge in [-0.25, -0.2) is 4.79 Å². The van der Waals surface area contributed by atoms with Crippen LogP contribution in [0.3, 0.4) is 0 Å². The topological polar surface area (TPSA) is 62.0 Å². The van der Waals surface area contributed by atoms with Crippen LogP contribution in [0.25, 0.3) is 0 Å². The molecule has 0 aliphatic carbocycles. The Kier molecular flexibility index (Phi) is 2.64. The molecule has 1 aliphatic rings. The van der Waals surface area contributed by atoms with Crippen molar-refractivity contribution in [3.63, 3.8) is 0 Å². The summed E-state index contributed by atoms with van der Waals surface area (Å²) in [5, 5.41) is 14.8. The van der Waals surface area contributed by atoms with Crippen molar-refractivity contribution >= 4 is 28.6 Å². The Labute approximate surface area is 107 Å². The number of aromatic carboxylic acids is 1. The molecule has 1 aromatic rings. The van der Waals surface area contributed by atoms with E-state index in [1.165, 1.54) is 0 Å². The molecule has 0 unspecified atom stereocenters. The first-order chi connectivity index (χ1) is 7.78. The van der Waals surface area contributed by atoms with Crippen molar-refractivity contribution in [2.75, 3.05) is 0 Å². The molecule has 0 saturated carbocycles. The van der Waals surface area contributed by atoms with Crippen molar-refractivity contribution in [1.29, 1.82) is 0 Å². The molecule has 1 N–H and O–H groups in total. The van der Waals surface area contributed by atoms with Gasteiger partial charge < -0.3 is 5.11 Å². The fourth-order valence-electron chi connectivity index (χ4n) is 1.35. The zero-order valence-corrected chi connectivity index (χ0v) is 10.2. The maximum Gasteiger partial charge on any atom is 0.442 e. The van der Waals surface area contributed by atoms with Crippen molar-refractivity contribution in [2.24, 2.45) is 10.2 Å². The van der Waals surface area contributed by atoms with Crippen LogP contribution in [0.5, 0.6) is 0 Å². The van der Waals surface area contributed by atoms with E-state index < -0.39 is 17.8 Å². The zero-order chi connectivity index (χ0) is 12.8. The molecule has 8 heteroatoms. The summed E-state index contributed by atoms with van der Waals surface area (Å²) in [5.41, 5.74) is -2.71. The maximum absolute atomic E-state index is 12.7. The summed E-state index contributed by atoms with van der Waals surface area (Å²) >= 11 is 1.67. The number of alkyl halides is 3. The second-order valence-electron chi connectivity index (χ2n) is 3.37. The average molecular weight is 356 g/mol. The van der Waals surface area contributed by atoms with Gasteiger partial charge in [-0.3, -0.25) is 0 Å². The molecule has 0 atom stereocenters. The summed E-state index contributed by atoms with van der Waals surface area (Å²) < 4.78 is 38.2. The van der Waals surface area contributed by atoms with Gasteiger partial charge in [0, 0.05) is 9.13 Å². The Morgan fingerprint density at radius 1 is 1.35 bits per heavy atom. The quantitative estimate of drug-likeness (QED) is 0.828. The lowest BCUT2D eigenvalue weighted by molar-refractivity contribution is -0.166. The third-order valence-electron chi connectivity index (χ3n) is 2.30. The number of carboxylic acid groups (broad SMARTS) is 1. The fourth-order valence-corrected chi connectivity index (χ4v) is 2.09. The normalized spacial score (nSPS) is 16.9.